The molecule has 0 unspecified atom stereocenters. The second-order valence-electron chi connectivity index (χ2n) is 4.28. The first-order valence-corrected chi connectivity index (χ1v) is 5.44. The first-order chi connectivity index (χ1) is 7.46. The van der Waals surface area contributed by atoms with Crippen LogP contribution < -0.4 is 11.1 Å². The lowest BCUT2D eigenvalue weighted by atomic mass is 9.82. The van der Waals surface area contributed by atoms with E-state index < -0.39 is 17.6 Å². The normalized spacial score (nSPS) is 21.1. The van der Waals surface area contributed by atoms with Crippen LogP contribution in [-0.2, 0) is 9.59 Å². The van der Waals surface area contributed by atoms with Crippen molar-refractivity contribution in [3.05, 3.63) is 0 Å². The van der Waals surface area contributed by atoms with Crippen LogP contribution in [0.25, 0.3) is 0 Å². The van der Waals surface area contributed by atoms with Gasteiger partial charge in [0.2, 0.25) is 5.91 Å². The van der Waals surface area contributed by atoms with Crippen molar-refractivity contribution in [1.82, 2.24) is 5.32 Å². The van der Waals surface area contributed by atoms with E-state index in [1.54, 1.807) is 0 Å². The Morgan fingerprint density at radius 3 is 2.38 bits per heavy atom. The molecule has 0 spiro atoms. The Morgan fingerprint density at radius 1 is 1.31 bits per heavy atom. The Morgan fingerprint density at radius 2 is 1.88 bits per heavy atom. The maximum Gasteiger partial charge on any atom is 0.334 e. The Labute approximate surface area is 93.8 Å². The molecule has 1 saturated carbocycles. The minimum Gasteiger partial charge on any atom is -0.479 e. The summed E-state index contributed by atoms with van der Waals surface area (Å²) in [6.45, 7) is -0.298. The van der Waals surface area contributed by atoms with Crippen LogP contribution >= 0.6 is 0 Å². The zero-order chi connectivity index (χ0) is 12.2. The lowest BCUT2D eigenvalue weighted by Gasteiger charge is -2.31. The molecule has 6 nitrogen and oxygen atoms in total. The number of carbonyl (C=O) groups excluding carboxylic acids is 1. The number of carboxylic acids is 1. The molecular weight excluding hydrogens is 212 g/mol. The van der Waals surface area contributed by atoms with Crippen molar-refractivity contribution >= 4 is 11.9 Å². The summed E-state index contributed by atoms with van der Waals surface area (Å²) in [5, 5.41) is 19.8. The van der Waals surface area contributed by atoms with Gasteiger partial charge in [0.25, 0.3) is 0 Å². The van der Waals surface area contributed by atoms with E-state index in [9.17, 15) is 9.59 Å². The fraction of sp³-hybridized carbons (Fsp3) is 0.800. The van der Waals surface area contributed by atoms with Crippen molar-refractivity contribution in [3.8, 4) is 0 Å². The highest BCUT2D eigenvalue weighted by atomic mass is 16.4. The van der Waals surface area contributed by atoms with Gasteiger partial charge in [-0.25, -0.2) is 4.79 Å². The number of nitrogens with one attached hydrogen (secondary N) is 1. The number of aliphatic hydroxyl groups excluding tert-OH is 1. The molecule has 0 saturated heterocycles. The molecule has 16 heavy (non-hydrogen) atoms. The van der Waals surface area contributed by atoms with Crippen LogP contribution in [0.3, 0.4) is 0 Å². The third-order valence-electron chi connectivity index (χ3n) is 2.94. The molecular formula is C10H18N2O4. The fourth-order valence-corrected chi connectivity index (χ4v) is 1.86. The van der Waals surface area contributed by atoms with Crippen molar-refractivity contribution in [3.63, 3.8) is 0 Å². The maximum atomic E-state index is 11.7. The van der Waals surface area contributed by atoms with Crippen LogP contribution in [0.15, 0.2) is 0 Å². The lowest BCUT2D eigenvalue weighted by molar-refractivity contribution is -0.146. The van der Waals surface area contributed by atoms with Crippen molar-refractivity contribution < 1.29 is 19.8 Å². The predicted octanol–water partition coefficient (Wildman–Crippen LogP) is -0.790. The van der Waals surface area contributed by atoms with E-state index in [4.69, 9.17) is 15.9 Å². The second kappa shape index (κ2) is 5.27. The number of rotatable bonds is 4. The van der Waals surface area contributed by atoms with Crippen molar-refractivity contribution in [2.75, 3.05) is 6.54 Å². The van der Waals surface area contributed by atoms with Gasteiger partial charge in [-0.3, -0.25) is 4.79 Å². The summed E-state index contributed by atoms with van der Waals surface area (Å²) in [4.78, 5) is 22.0. The molecule has 0 aromatic rings. The number of aliphatic carboxylic acids is 1. The average Bonchev–Trinajstić information content (AvgIpc) is 2.26. The van der Waals surface area contributed by atoms with Gasteiger partial charge >= 0.3 is 5.97 Å². The van der Waals surface area contributed by atoms with Crippen LogP contribution in [0, 0.1) is 0 Å². The number of aliphatic hydroxyl groups is 1. The van der Waals surface area contributed by atoms with E-state index in [1.807, 2.05) is 0 Å². The molecule has 1 aliphatic rings. The van der Waals surface area contributed by atoms with Gasteiger partial charge in [0, 0.05) is 0 Å². The van der Waals surface area contributed by atoms with Crippen molar-refractivity contribution in [2.45, 2.75) is 43.7 Å². The summed E-state index contributed by atoms with van der Waals surface area (Å²) in [7, 11) is 0. The highest BCUT2D eigenvalue weighted by Gasteiger charge is 2.35. The Hall–Kier alpha value is -1.14. The molecule has 1 rings (SSSR count). The predicted molar refractivity (Wildman–Crippen MR) is 56.7 cm³/mol. The molecule has 6 heteroatoms. The highest BCUT2D eigenvalue weighted by Crippen LogP contribution is 2.25. The zero-order valence-corrected chi connectivity index (χ0v) is 9.11. The molecule has 92 valence electrons. The van der Waals surface area contributed by atoms with Gasteiger partial charge in [-0.1, -0.05) is 19.3 Å². The summed E-state index contributed by atoms with van der Waals surface area (Å²) in [5.74, 6) is -1.72. The highest BCUT2D eigenvalue weighted by molar-refractivity contribution is 5.86. The van der Waals surface area contributed by atoms with Crippen LogP contribution in [0.5, 0.6) is 0 Å². The first-order valence-electron chi connectivity index (χ1n) is 5.44. The minimum atomic E-state index is -1.57. The lowest BCUT2D eigenvalue weighted by Crippen LogP contribution is -2.56. The molecule has 1 atom stereocenters. The minimum absolute atomic E-state index is 0.298. The van der Waals surface area contributed by atoms with Crippen molar-refractivity contribution in [1.29, 1.82) is 0 Å². The van der Waals surface area contributed by atoms with Crippen LogP contribution in [0.1, 0.15) is 32.1 Å². The summed E-state index contributed by atoms with van der Waals surface area (Å²) < 4.78 is 0. The Bertz CT molecular complexity index is 274. The maximum absolute atomic E-state index is 11.7. The van der Waals surface area contributed by atoms with E-state index in [-0.39, 0.29) is 12.5 Å². The number of hydrogen-bond acceptors (Lipinski definition) is 4. The number of amides is 1. The molecule has 1 aliphatic carbocycles. The smallest absolute Gasteiger partial charge is 0.334 e. The third kappa shape index (κ3) is 3.18. The van der Waals surface area contributed by atoms with E-state index in [1.165, 1.54) is 0 Å². The van der Waals surface area contributed by atoms with Gasteiger partial charge in [0.1, 0.15) is 0 Å². The summed E-state index contributed by atoms with van der Waals surface area (Å²) in [6, 6.07) is 0. The van der Waals surface area contributed by atoms with Crippen LogP contribution in [-0.4, -0.2) is 40.3 Å². The number of carboxylic acid groups (broad SMARTS) is 1. The summed E-state index contributed by atoms with van der Waals surface area (Å²) >= 11 is 0. The molecule has 0 radical (unpaired) electrons. The molecule has 0 aromatic carbocycles. The van der Waals surface area contributed by atoms with Gasteiger partial charge in [0.15, 0.2) is 6.10 Å². The van der Waals surface area contributed by atoms with E-state index >= 15 is 0 Å². The largest absolute Gasteiger partial charge is 0.479 e. The van der Waals surface area contributed by atoms with Gasteiger partial charge in [-0.15, -0.1) is 0 Å². The SMILES string of the molecule is NC1(C(=O)NC[C@H](O)C(=O)O)CCCCC1. The standard InChI is InChI=1S/C10H18N2O4/c11-10(4-2-1-3-5-10)9(16)12-6-7(13)8(14)15/h7,13H,1-6,11H2,(H,12,16)(H,14,15)/t7-/m0/s1. The number of hydrogen-bond donors (Lipinski definition) is 4. The molecule has 5 N–H and O–H groups in total. The van der Waals surface area contributed by atoms with E-state index in [2.05, 4.69) is 5.32 Å². The first kappa shape index (κ1) is 12.9. The molecule has 1 amide bonds. The van der Waals surface area contributed by atoms with Gasteiger partial charge in [-0.2, -0.15) is 0 Å². The topological polar surface area (TPSA) is 113 Å². The number of nitrogens with two attached hydrogens (primary N) is 1. The quantitative estimate of drug-likeness (QED) is 0.505. The molecule has 1 fully saturated rings. The van der Waals surface area contributed by atoms with E-state index in [0.29, 0.717) is 12.8 Å². The average molecular weight is 230 g/mol. The summed E-state index contributed by atoms with van der Waals surface area (Å²) in [6.07, 6.45) is 2.54. The third-order valence-corrected chi connectivity index (χ3v) is 2.94. The molecule has 0 bridgehead atoms. The van der Waals surface area contributed by atoms with E-state index in [0.717, 1.165) is 19.3 Å². The van der Waals surface area contributed by atoms with Crippen molar-refractivity contribution in [2.24, 2.45) is 5.73 Å². The fourth-order valence-electron chi connectivity index (χ4n) is 1.86. The zero-order valence-electron chi connectivity index (χ0n) is 9.11. The number of carbonyl (C=O) groups is 2. The Balaban J connectivity index is 2.42. The van der Waals surface area contributed by atoms with Crippen LogP contribution in [0.4, 0.5) is 0 Å². The van der Waals surface area contributed by atoms with Gasteiger partial charge < -0.3 is 21.3 Å². The second-order valence-corrected chi connectivity index (χ2v) is 4.28. The monoisotopic (exact) mass is 230 g/mol. The van der Waals surface area contributed by atoms with Crippen LogP contribution in [0.2, 0.25) is 0 Å². The molecule has 0 heterocycles. The molecule has 0 aromatic heterocycles. The summed E-state index contributed by atoms with van der Waals surface area (Å²) in [5.41, 5.74) is 5.03. The Kier molecular flexibility index (Phi) is 4.26. The van der Waals surface area contributed by atoms with Gasteiger partial charge in [-0.05, 0) is 12.8 Å². The van der Waals surface area contributed by atoms with Gasteiger partial charge in [0.05, 0.1) is 12.1 Å². The molecule has 0 aliphatic heterocycles.